The second kappa shape index (κ2) is 13.5. The highest BCUT2D eigenvalue weighted by Crippen LogP contribution is 2.46. The normalized spacial score (nSPS) is 21.8. The number of ether oxygens (including phenoxy) is 1. The molecule has 0 saturated heterocycles. The van der Waals surface area contributed by atoms with Gasteiger partial charge < -0.3 is 14.7 Å². The molecule has 2 N–H and O–H groups in total. The number of aliphatic hydroxyl groups is 1. The van der Waals surface area contributed by atoms with E-state index in [1.165, 1.54) is 32.9 Å². The second-order valence-corrected chi connectivity index (χ2v) is 13.2. The zero-order valence-corrected chi connectivity index (χ0v) is 26.6. The molecule has 0 radical (unpaired) electrons. The molecule has 244 valence electrons. The molecule has 0 spiro atoms. The number of carbonyl (C=O) groups excluding carboxylic acids is 3. The van der Waals surface area contributed by atoms with Crippen LogP contribution < -0.4 is 5.48 Å². The Morgan fingerprint density at radius 1 is 1.00 bits per heavy atom. The lowest BCUT2D eigenvalue weighted by atomic mass is 9.77. The highest BCUT2D eigenvalue weighted by molar-refractivity contribution is 6.30. The van der Waals surface area contributed by atoms with E-state index in [2.05, 4.69) is 5.48 Å². The largest absolute Gasteiger partial charge is 0.455 e. The molecule has 2 aliphatic rings. The van der Waals surface area contributed by atoms with Gasteiger partial charge in [0.25, 0.3) is 11.8 Å². The predicted octanol–water partition coefficient (Wildman–Crippen LogP) is 6.61. The smallest absolute Gasteiger partial charge is 0.382 e. The van der Waals surface area contributed by atoms with Gasteiger partial charge in [-0.3, -0.25) is 14.4 Å². The Morgan fingerprint density at radius 2 is 1.70 bits per heavy atom. The number of hydroxylamine groups is 1. The average molecular weight is 655 g/mol. The minimum Gasteiger partial charge on any atom is -0.455 e. The maximum Gasteiger partial charge on any atom is 0.382 e. The number of nitrogens with zero attached hydrogens (tertiary/aromatic N) is 1. The van der Waals surface area contributed by atoms with Crippen molar-refractivity contribution in [1.29, 1.82) is 0 Å². The number of amides is 2. The zero-order valence-electron chi connectivity index (χ0n) is 25.8. The first-order chi connectivity index (χ1) is 21.8. The van der Waals surface area contributed by atoms with E-state index in [0.29, 0.717) is 34.6 Å². The van der Waals surface area contributed by atoms with Crippen LogP contribution in [0.25, 0.3) is 0 Å². The molecule has 3 aromatic rings. The Kier molecular flexibility index (Phi) is 9.81. The first kappa shape index (κ1) is 33.5. The van der Waals surface area contributed by atoms with E-state index < -0.39 is 53.1 Å². The Balaban J connectivity index is 1.42. The SMILES string of the molecule is CC(C)(C)OC(=O)C(F)(F)c1cccc(CONC(=O)[C@@H]2c3ccccc3C(=O)N([C@H]3CCCC[C@@H]3O)[C@H]2c2ccc(Cl)cc2)c1. The van der Waals surface area contributed by atoms with Gasteiger partial charge in [0.05, 0.1) is 30.7 Å². The summed E-state index contributed by atoms with van der Waals surface area (Å²) in [6.45, 7) is 4.22. The molecule has 0 aromatic heterocycles. The van der Waals surface area contributed by atoms with Gasteiger partial charge in [0.1, 0.15) is 5.60 Å². The molecule has 46 heavy (non-hydrogen) atoms. The van der Waals surface area contributed by atoms with Crippen molar-refractivity contribution >= 4 is 29.4 Å². The third-order valence-corrected chi connectivity index (χ3v) is 8.53. The summed E-state index contributed by atoms with van der Waals surface area (Å²) in [5.41, 5.74) is 2.58. The molecule has 1 aliphatic carbocycles. The van der Waals surface area contributed by atoms with Crippen molar-refractivity contribution in [2.45, 2.75) is 88.7 Å². The van der Waals surface area contributed by atoms with Crippen molar-refractivity contribution in [2.24, 2.45) is 0 Å². The molecule has 11 heteroatoms. The van der Waals surface area contributed by atoms with Crippen molar-refractivity contribution in [3.8, 4) is 0 Å². The van der Waals surface area contributed by atoms with Crippen LogP contribution in [-0.2, 0) is 31.7 Å². The Hall–Kier alpha value is -3.86. The fourth-order valence-electron chi connectivity index (χ4n) is 6.20. The number of rotatable bonds is 8. The number of alkyl halides is 2. The average Bonchev–Trinajstić information content (AvgIpc) is 3.01. The quantitative estimate of drug-likeness (QED) is 0.209. The molecular formula is C35H37ClF2N2O6. The van der Waals surface area contributed by atoms with Crippen LogP contribution in [0.15, 0.2) is 72.8 Å². The van der Waals surface area contributed by atoms with Crippen molar-refractivity contribution < 1.29 is 37.8 Å². The van der Waals surface area contributed by atoms with Gasteiger partial charge >= 0.3 is 11.9 Å². The number of hydrogen-bond donors (Lipinski definition) is 2. The second-order valence-electron chi connectivity index (χ2n) is 12.7. The summed E-state index contributed by atoms with van der Waals surface area (Å²) < 4.78 is 34.8. The van der Waals surface area contributed by atoms with Gasteiger partial charge in [0, 0.05) is 16.1 Å². The molecule has 1 saturated carbocycles. The highest BCUT2D eigenvalue weighted by Gasteiger charge is 2.48. The van der Waals surface area contributed by atoms with E-state index in [-0.39, 0.29) is 18.1 Å². The van der Waals surface area contributed by atoms with E-state index >= 15 is 0 Å². The fraction of sp³-hybridized carbons (Fsp3) is 0.400. The van der Waals surface area contributed by atoms with Gasteiger partial charge in [-0.1, -0.05) is 73.0 Å². The number of hydrogen-bond acceptors (Lipinski definition) is 6. The summed E-state index contributed by atoms with van der Waals surface area (Å²) in [6, 6.07) is 17.5. The van der Waals surface area contributed by atoms with Gasteiger partial charge in [0.2, 0.25) is 0 Å². The van der Waals surface area contributed by atoms with Crippen LogP contribution in [-0.4, -0.2) is 45.5 Å². The molecule has 3 aromatic carbocycles. The summed E-state index contributed by atoms with van der Waals surface area (Å²) in [4.78, 5) is 47.5. The number of carbonyl (C=O) groups is 3. The van der Waals surface area contributed by atoms with Crippen LogP contribution in [0.1, 0.15) is 91.0 Å². The van der Waals surface area contributed by atoms with Crippen molar-refractivity contribution in [1.82, 2.24) is 10.4 Å². The van der Waals surface area contributed by atoms with E-state index in [1.54, 1.807) is 53.4 Å². The monoisotopic (exact) mass is 654 g/mol. The predicted molar refractivity (Wildman–Crippen MR) is 167 cm³/mol. The molecule has 1 fully saturated rings. The highest BCUT2D eigenvalue weighted by atomic mass is 35.5. The van der Waals surface area contributed by atoms with Crippen molar-refractivity contribution in [2.75, 3.05) is 0 Å². The van der Waals surface area contributed by atoms with Gasteiger partial charge in [-0.25, -0.2) is 10.3 Å². The first-order valence-electron chi connectivity index (χ1n) is 15.3. The molecule has 5 rings (SSSR count). The number of nitrogens with one attached hydrogen (secondary N) is 1. The molecule has 0 unspecified atom stereocenters. The number of benzene rings is 3. The summed E-state index contributed by atoms with van der Waals surface area (Å²) in [6.07, 6.45) is 2.02. The fourth-order valence-corrected chi connectivity index (χ4v) is 6.33. The minimum atomic E-state index is -3.90. The number of esters is 1. The van der Waals surface area contributed by atoms with Crippen molar-refractivity contribution in [3.63, 3.8) is 0 Å². The third kappa shape index (κ3) is 7.09. The number of fused-ring (bicyclic) bond motifs is 1. The van der Waals surface area contributed by atoms with Crippen LogP contribution in [0.2, 0.25) is 5.02 Å². The molecule has 1 aliphatic heterocycles. The van der Waals surface area contributed by atoms with Crippen LogP contribution in [0.4, 0.5) is 8.78 Å². The number of aliphatic hydroxyl groups excluding tert-OH is 1. The summed E-state index contributed by atoms with van der Waals surface area (Å²) in [5.74, 6) is -7.35. The molecular weight excluding hydrogens is 618 g/mol. The van der Waals surface area contributed by atoms with Crippen LogP contribution in [0, 0.1) is 0 Å². The topological polar surface area (TPSA) is 105 Å². The summed E-state index contributed by atoms with van der Waals surface area (Å²) in [5, 5.41) is 11.5. The molecule has 4 atom stereocenters. The summed E-state index contributed by atoms with van der Waals surface area (Å²) in [7, 11) is 0. The van der Waals surface area contributed by atoms with Crippen LogP contribution >= 0.6 is 11.6 Å². The Bertz CT molecular complexity index is 1590. The molecule has 8 nitrogen and oxygen atoms in total. The van der Waals surface area contributed by atoms with Gasteiger partial charge in [0.15, 0.2) is 0 Å². The Morgan fingerprint density at radius 3 is 2.39 bits per heavy atom. The lowest BCUT2D eigenvalue weighted by Crippen LogP contribution is -2.55. The van der Waals surface area contributed by atoms with Crippen molar-refractivity contribution in [3.05, 3.63) is 106 Å². The van der Waals surface area contributed by atoms with Gasteiger partial charge in [-0.2, -0.15) is 8.78 Å². The maximum absolute atomic E-state index is 14.9. The third-order valence-electron chi connectivity index (χ3n) is 8.28. The van der Waals surface area contributed by atoms with Crippen LogP contribution in [0.3, 0.4) is 0 Å². The van der Waals surface area contributed by atoms with E-state index in [4.69, 9.17) is 21.2 Å². The summed E-state index contributed by atoms with van der Waals surface area (Å²) >= 11 is 6.19. The van der Waals surface area contributed by atoms with E-state index in [9.17, 15) is 28.3 Å². The Labute approximate surface area is 271 Å². The standard InChI is InChI=1S/C35H37ClF2N2O6/c1-34(2,3)46-33(44)35(37,38)23-10-8-9-21(19-23)20-45-39-31(42)29-25-11-4-5-12-26(25)32(43)40(27-13-6-7-14-28(27)41)30(29)22-15-17-24(36)18-16-22/h4-5,8-12,15-19,27-30,41H,6-7,13-14,20H2,1-3H3,(H,39,42)/t27-,28-,29+,30-/m0/s1. The molecule has 0 bridgehead atoms. The first-order valence-corrected chi connectivity index (χ1v) is 15.6. The minimum absolute atomic E-state index is 0.279. The van der Waals surface area contributed by atoms with Crippen LogP contribution in [0.5, 0.6) is 0 Å². The van der Waals surface area contributed by atoms with E-state index in [1.807, 2.05) is 0 Å². The van der Waals surface area contributed by atoms with Gasteiger partial charge in [-0.05, 0) is 74.6 Å². The molecule has 2 amide bonds. The lowest BCUT2D eigenvalue weighted by Gasteiger charge is -2.48. The van der Waals surface area contributed by atoms with Gasteiger partial charge in [-0.15, -0.1) is 0 Å². The lowest BCUT2D eigenvalue weighted by molar-refractivity contribution is -0.185. The molecule has 1 heterocycles. The number of halogens is 3. The van der Waals surface area contributed by atoms with E-state index in [0.717, 1.165) is 25.0 Å². The maximum atomic E-state index is 14.9. The zero-order chi connectivity index (χ0) is 33.2.